The Labute approximate surface area is 243 Å². The van der Waals surface area contributed by atoms with Crippen molar-refractivity contribution in [2.75, 3.05) is 18.0 Å². The fourth-order valence-electron chi connectivity index (χ4n) is 6.60. The molecule has 0 unspecified atom stereocenters. The summed E-state index contributed by atoms with van der Waals surface area (Å²) in [7, 11) is 0. The number of halogens is 3. The van der Waals surface area contributed by atoms with E-state index in [1.807, 2.05) is 6.07 Å². The molecule has 4 heteroatoms. The molecule has 0 amide bonds. The summed E-state index contributed by atoms with van der Waals surface area (Å²) in [5.41, 5.74) is 5.96. The number of rotatable bonds is 9. The molecule has 41 heavy (non-hydrogen) atoms. The van der Waals surface area contributed by atoms with E-state index in [-0.39, 0.29) is 0 Å². The van der Waals surface area contributed by atoms with Gasteiger partial charge in [-0.05, 0) is 105 Å². The first-order valence-electron chi connectivity index (χ1n) is 15.3. The van der Waals surface area contributed by atoms with Gasteiger partial charge in [0.15, 0.2) is 0 Å². The Morgan fingerprint density at radius 1 is 0.610 bits per heavy atom. The number of nitrogens with zero attached hydrogens (tertiary/aromatic N) is 1. The van der Waals surface area contributed by atoms with Crippen LogP contribution in [0.5, 0.6) is 0 Å². The molecule has 2 aliphatic rings. The van der Waals surface area contributed by atoms with Gasteiger partial charge in [0.25, 0.3) is 0 Å². The van der Waals surface area contributed by atoms with E-state index in [9.17, 15) is 13.2 Å². The highest BCUT2D eigenvalue weighted by atomic mass is 19.4. The molecule has 1 nitrogen and oxygen atoms in total. The smallest absolute Gasteiger partial charge is 0.371 e. The van der Waals surface area contributed by atoms with Gasteiger partial charge in [-0.3, -0.25) is 0 Å². The van der Waals surface area contributed by atoms with Gasteiger partial charge in [-0.1, -0.05) is 90.0 Å². The second-order valence-electron chi connectivity index (χ2n) is 11.7. The molecule has 2 saturated carbocycles. The molecule has 216 valence electrons. The second-order valence-corrected chi connectivity index (χ2v) is 11.7. The zero-order chi connectivity index (χ0) is 28.5. The average Bonchev–Trinajstić information content (AvgIpc) is 3.01. The SMILES string of the molecule is FC(F)(F)c1cccc(N(CCC=C2CCC(c3ccccc3)CC2)CCC=C2CCC(c3ccccc3)CC2)c1. The van der Waals surface area contributed by atoms with Crippen molar-refractivity contribution in [3.05, 3.63) is 125 Å². The first-order valence-corrected chi connectivity index (χ1v) is 15.3. The zero-order valence-corrected chi connectivity index (χ0v) is 24.0. The highest BCUT2D eigenvalue weighted by Crippen LogP contribution is 2.37. The van der Waals surface area contributed by atoms with Gasteiger partial charge in [0, 0.05) is 18.8 Å². The minimum Gasteiger partial charge on any atom is -0.371 e. The molecule has 3 aromatic rings. The lowest BCUT2D eigenvalue weighted by Crippen LogP contribution is -2.25. The predicted octanol–water partition coefficient (Wildman–Crippen LogP) is 10.9. The van der Waals surface area contributed by atoms with E-state index >= 15 is 0 Å². The molecule has 0 spiro atoms. The summed E-state index contributed by atoms with van der Waals surface area (Å²) < 4.78 is 40.5. The molecule has 0 atom stereocenters. The van der Waals surface area contributed by atoms with Crippen molar-refractivity contribution in [2.45, 2.75) is 82.2 Å². The second kappa shape index (κ2) is 14.1. The quantitative estimate of drug-likeness (QED) is 0.237. The number of hydrogen-bond donors (Lipinski definition) is 0. The third-order valence-corrected chi connectivity index (χ3v) is 9.00. The number of allylic oxidation sites excluding steroid dienone is 2. The Morgan fingerprint density at radius 3 is 1.51 bits per heavy atom. The Bertz CT molecular complexity index is 1200. The van der Waals surface area contributed by atoms with Crippen LogP contribution in [0.2, 0.25) is 0 Å². The van der Waals surface area contributed by atoms with Gasteiger partial charge >= 0.3 is 6.18 Å². The Balaban J connectivity index is 1.18. The fraction of sp³-hybridized carbons (Fsp3) is 0.405. The van der Waals surface area contributed by atoms with Crippen molar-refractivity contribution < 1.29 is 13.2 Å². The van der Waals surface area contributed by atoms with Gasteiger partial charge in [0.1, 0.15) is 0 Å². The van der Waals surface area contributed by atoms with Crippen LogP contribution >= 0.6 is 0 Å². The van der Waals surface area contributed by atoms with Crippen LogP contribution < -0.4 is 4.90 Å². The Hall–Kier alpha value is -3.27. The van der Waals surface area contributed by atoms with E-state index in [2.05, 4.69) is 77.7 Å². The van der Waals surface area contributed by atoms with E-state index in [1.165, 1.54) is 66.2 Å². The van der Waals surface area contributed by atoms with Crippen LogP contribution in [0.3, 0.4) is 0 Å². The van der Waals surface area contributed by atoms with E-state index in [0.717, 1.165) is 51.6 Å². The Kier molecular flexibility index (Phi) is 10.0. The summed E-state index contributed by atoms with van der Waals surface area (Å²) in [5.74, 6) is 1.26. The van der Waals surface area contributed by atoms with Crippen molar-refractivity contribution in [2.24, 2.45) is 0 Å². The van der Waals surface area contributed by atoms with E-state index in [0.29, 0.717) is 17.5 Å². The van der Waals surface area contributed by atoms with Crippen molar-refractivity contribution >= 4 is 5.69 Å². The normalized spacial score (nSPS) is 19.6. The standard InChI is InChI=1S/C37H42F3N/c38-37(39,40)35-16-7-17-36(28-35)41(26-8-10-29-18-22-33(23-19-29)31-12-3-1-4-13-31)27-9-11-30-20-24-34(25-21-30)32-14-5-2-6-15-32/h1-7,10-17,28,33-34H,8-9,18-27H2. The number of benzene rings is 3. The molecule has 2 fully saturated rings. The third kappa shape index (κ3) is 8.38. The molecular weight excluding hydrogens is 515 g/mol. The molecule has 0 radical (unpaired) electrons. The van der Waals surface area contributed by atoms with E-state index in [4.69, 9.17) is 0 Å². The topological polar surface area (TPSA) is 3.24 Å². The van der Waals surface area contributed by atoms with Crippen LogP contribution in [-0.2, 0) is 6.18 Å². The van der Waals surface area contributed by atoms with E-state index < -0.39 is 11.7 Å². The van der Waals surface area contributed by atoms with Crippen molar-refractivity contribution in [1.82, 2.24) is 0 Å². The highest BCUT2D eigenvalue weighted by Gasteiger charge is 2.30. The van der Waals surface area contributed by atoms with Crippen LogP contribution in [0.4, 0.5) is 18.9 Å². The molecule has 0 aliphatic heterocycles. The van der Waals surface area contributed by atoms with Crippen molar-refractivity contribution in [3.63, 3.8) is 0 Å². The van der Waals surface area contributed by atoms with Crippen LogP contribution in [-0.4, -0.2) is 13.1 Å². The van der Waals surface area contributed by atoms with Gasteiger partial charge in [-0.25, -0.2) is 0 Å². The summed E-state index contributed by atoms with van der Waals surface area (Å²) in [6.07, 6.45) is 11.2. The summed E-state index contributed by atoms with van der Waals surface area (Å²) in [4.78, 5) is 2.15. The van der Waals surface area contributed by atoms with Gasteiger partial charge in [0.05, 0.1) is 5.56 Å². The lowest BCUT2D eigenvalue weighted by Gasteiger charge is -2.27. The van der Waals surface area contributed by atoms with E-state index in [1.54, 1.807) is 0 Å². The predicted molar refractivity (Wildman–Crippen MR) is 164 cm³/mol. The van der Waals surface area contributed by atoms with Crippen LogP contribution in [0, 0.1) is 0 Å². The maximum absolute atomic E-state index is 13.5. The highest BCUT2D eigenvalue weighted by molar-refractivity contribution is 5.49. The summed E-state index contributed by atoms with van der Waals surface area (Å²) in [6, 6.07) is 27.4. The minimum absolute atomic E-state index is 0.574. The first kappa shape index (κ1) is 29.2. The lowest BCUT2D eigenvalue weighted by atomic mass is 9.81. The molecular formula is C37H42F3N. The van der Waals surface area contributed by atoms with Gasteiger partial charge in [-0.2, -0.15) is 13.2 Å². The van der Waals surface area contributed by atoms with Crippen LogP contribution in [0.1, 0.15) is 92.7 Å². The molecule has 0 saturated heterocycles. The molecule has 0 bridgehead atoms. The molecule has 3 aromatic carbocycles. The molecule has 0 aromatic heterocycles. The summed E-state index contributed by atoms with van der Waals surface area (Å²) in [6.45, 7) is 1.46. The van der Waals surface area contributed by atoms with Crippen molar-refractivity contribution in [3.8, 4) is 0 Å². The number of alkyl halides is 3. The molecule has 2 aliphatic carbocycles. The average molecular weight is 558 g/mol. The largest absolute Gasteiger partial charge is 0.416 e. The summed E-state index contributed by atoms with van der Waals surface area (Å²) >= 11 is 0. The maximum Gasteiger partial charge on any atom is 0.416 e. The van der Waals surface area contributed by atoms with Gasteiger partial charge in [0.2, 0.25) is 0 Å². The number of hydrogen-bond acceptors (Lipinski definition) is 1. The van der Waals surface area contributed by atoms with Crippen LogP contribution in [0.25, 0.3) is 0 Å². The fourth-order valence-corrected chi connectivity index (χ4v) is 6.60. The monoisotopic (exact) mass is 557 g/mol. The lowest BCUT2D eigenvalue weighted by molar-refractivity contribution is -0.137. The third-order valence-electron chi connectivity index (χ3n) is 9.00. The summed E-state index contributed by atoms with van der Waals surface area (Å²) in [5, 5.41) is 0. The zero-order valence-electron chi connectivity index (χ0n) is 24.0. The molecule has 0 heterocycles. The van der Waals surface area contributed by atoms with Crippen molar-refractivity contribution in [1.29, 1.82) is 0 Å². The van der Waals surface area contributed by atoms with Gasteiger partial charge in [-0.15, -0.1) is 0 Å². The first-order chi connectivity index (χ1) is 20.0. The molecule has 0 N–H and O–H groups in total. The molecule has 5 rings (SSSR count). The maximum atomic E-state index is 13.5. The number of anilines is 1. The Morgan fingerprint density at radius 2 is 1.07 bits per heavy atom. The minimum atomic E-state index is -4.33. The van der Waals surface area contributed by atoms with Gasteiger partial charge < -0.3 is 4.90 Å². The van der Waals surface area contributed by atoms with Crippen LogP contribution in [0.15, 0.2) is 108 Å².